The Hall–Kier alpha value is -5.61. The summed E-state index contributed by atoms with van der Waals surface area (Å²) in [5.74, 6) is 0.591. The standard InChI is InChI=1S/C47H51N7O7S/c55-47(51-62(58,59)38-14-16-42(44(24-38)54(56)57)49-25-30-18-21-52(27-30)36-28-60-29-36)41-15-11-33(23-45(41)61-37-22-34-17-19-48-46(34)50-26-37)31-9-12-35(13-10-31)53-20-3-6-43(53)40-5-2-1-4-39(40)32-7-8-32/h1-2,4-5,9,11,14-17,19,22-24,26,30,32,35-36,43,49H,3,6-8,10,12-13,18,20-21,25,27-29H2,(H,48,50)(H,51,55)/t30-,35?,43?/m0/s1. The van der Waals surface area contributed by atoms with Crippen molar-refractivity contribution in [1.82, 2.24) is 24.5 Å². The maximum Gasteiger partial charge on any atom is 0.293 e. The molecule has 62 heavy (non-hydrogen) atoms. The highest BCUT2D eigenvalue weighted by Gasteiger charge is 2.37. The number of aromatic nitrogens is 2. The van der Waals surface area contributed by atoms with Gasteiger partial charge in [-0.25, -0.2) is 18.1 Å². The van der Waals surface area contributed by atoms with Crippen molar-refractivity contribution >= 4 is 43.9 Å². The predicted octanol–water partition coefficient (Wildman–Crippen LogP) is 8.17. The van der Waals surface area contributed by atoms with Crippen molar-refractivity contribution in [2.75, 3.05) is 44.7 Å². The molecule has 1 amide bonds. The van der Waals surface area contributed by atoms with Crippen LogP contribution < -0.4 is 14.8 Å². The molecule has 322 valence electrons. The van der Waals surface area contributed by atoms with E-state index >= 15 is 0 Å². The number of allylic oxidation sites excluding steroid dienone is 1. The van der Waals surface area contributed by atoms with Gasteiger partial charge in [-0.2, -0.15) is 0 Å². The number of amides is 1. The molecule has 1 saturated carbocycles. The Kier molecular flexibility index (Phi) is 11.0. The minimum absolute atomic E-state index is 0.0122. The molecule has 15 heteroatoms. The molecule has 14 nitrogen and oxygen atoms in total. The number of ether oxygens (including phenoxy) is 2. The third-order valence-corrected chi connectivity index (χ3v) is 14.8. The number of nitrogens with zero attached hydrogens (tertiary/aromatic N) is 4. The fraction of sp³-hybridized carbons (Fsp3) is 0.404. The molecule has 3 saturated heterocycles. The number of anilines is 1. The van der Waals surface area contributed by atoms with Gasteiger partial charge in [0.05, 0.1) is 40.8 Å². The van der Waals surface area contributed by atoms with Gasteiger partial charge in [-0.15, -0.1) is 0 Å². The zero-order valence-electron chi connectivity index (χ0n) is 34.5. The number of aromatic amines is 1. The number of pyridine rings is 1. The summed E-state index contributed by atoms with van der Waals surface area (Å²) in [6, 6.07) is 22.8. The average molecular weight is 858 g/mol. The number of H-pyrrole nitrogens is 1. The van der Waals surface area contributed by atoms with Crippen molar-refractivity contribution in [3.63, 3.8) is 0 Å². The Labute approximate surface area is 360 Å². The molecular weight excluding hydrogens is 807 g/mol. The van der Waals surface area contributed by atoms with Crippen LogP contribution in [0.5, 0.6) is 11.5 Å². The number of nitro groups is 1. The number of nitro benzene ring substituents is 1. The quantitative estimate of drug-likeness (QED) is 0.0727. The maximum atomic E-state index is 14.0. The van der Waals surface area contributed by atoms with Crippen molar-refractivity contribution < 1.29 is 27.6 Å². The molecule has 10 rings (SSSR count). The number of carbonyl (C=O) groups is 1. The predicted molar refractivity (Wildman–Crippen MR) is 236 cm³/mol. The first kappa shape index (κ1) is 40.5. The SMILES string of the molecule is O=C(NS(=O)(=O)c1ccc(NC[C@@H]2CCN(C3COC3)C2)c([N+](=O)[O-])c1)c1ccc(C2=CCC(N3CCCC3c3ccccc3C3CC3)CC2)cc1Oc1cnc2[nH]ccc2c1. The molecule has 2 aliphatic carbocycles. The smallest absolute Gasteiger partial charge is 0.293 e. The van der Waals surface area contributed by atoms with E-state index in [1.165, 1.54) is 48.9 Å². The van der Waals surface area contributed by atoms with Gasteiger partial charge in [0.25, 0.3) is 21.6 Å². The summed E-state index contributed by atoms with van der Waals surface area (Å²) >= 11 is 0. The monoisotopic (exact) mass is 857 g/mol. The zero-order chi connectivity index (χ0) is 42.4. The zero-order valence-corrected chi connectivity index (χ0v) is 35.3. The van der Waals surface area contributed by atoms with Crippen LogP contribution in [0.2, 0.25) is 0 Å². The number of fused-ring (bicyclic) bond motifs is 1. The fourth-order valence-electron chi connectivity index (χ4n) is 9.89. The van der Waals surface area contributed by atoms with Crippen LogP contribution >= 0.6 is 0 Å². The highest BCUT2D eigenvalue weighted by molar-refractivity contribution is 7.90. The Morgan fingerprint density at radius 1 is 0.968 bits per heavy atom. The van der Waals surface area contributed by atoms with Crippen LogP contribution in [0.15, 0.2) is 96.2 Å². The molecular formula is C47H51N7O7S. The molecule has 5 aliphatic rings. The summed E-state index contributed by atoms with van der Waals surface area (Å²) in [6.07, 6.45) is 14.2. The lowest BCUT2D eigenvalue weighted by molar-refractivity contribution is -0.384. The van der Waals surface area contributed by atoms with E-state index in [1.807, 2.05) is 12.1 Å². The second-order valence-corrected chi connectivity index (χ2v) is 19.1. The Balaban J connectivity index is 0.870. The highest BCUT2D eigenvalue weighted by atomic mass is 32.2. The Morgan fingerprint density at radius 3 is 2.60 bits per heavy atom. The number of rotatable bonds is 14. The van der Waals surface area contributed by atoms with E-state index in [0.29, 0.717) is 42.0 Å². The van der Waals surface area contributed by atoms with Crippen LogP contribution in [-0.4, -0.2) is 90.5 Å². The number of carbonyl (C=O) groups excluding carboxylic acids is 1. The van der Waals surface area contributed by atoms with Crippen LogP contribution in [0.25, 0.3) is 16.6 Å². The van der Waals surface area contributed by atoms with Crippen LogP contribution in [0.4, 0.5) is 11.4 Å². The van der Waals surface area contributed by atoms with Gasteiger partial charge in [0.15, 0.2) is 0 Å². The van der Waals surface area contributed by atoms with E-state index in [1.54, 1.807) is 30.6 Å². The summed E-state index contributed by atoms with van der Waals surface area (Å²) in [5, 5.41) is 16.2. The number of hydrogen-bond acceptors (Lipinski definition) is 11. The van der Waals surface area contributed by atoms with Crippen molar-refractivity contribution in [3.05, 3.63) is 124 Å². The minimum atomic E-state index is -4.55. The van der Waals surface area contributed by atoms with E-state index in [0.717, 1.165) is 81.1 Å². The number of likely N-dealkylation sites (tertiary alicyclic amines) is 2. The summed E-state index contributed by atoms with van der Waals surface area (Å²) in [5.41, 5.74) is 5.53. The van der Waals surface area contributed by atoms with E-state index < -0.39 is 31.4 Å². The lowest BCUT2D eigenvalue weighted by atomic mass is 9.88. The molecule has 2 unspecified atom stereocenters. The van der Waals surface area contributed by atoms with Gasteiger partial charge < -0.3 is 19.8 Å². The van der Waals surface area contributed by atoms with Gasteiger partial charge in [-0.1, -0.05) is 36.4 Å². The number of nitrogens with one attached hydrogen (secondary N) is 3. The van der Waals surface area contributed by atoms with Gasteiger partial charge >= 0.3 is 0 Å². The minimum Gasteiger partial charge on any atom is -0.455 e. The molecule has 0 radical (unpaired) electrons. The fourth-order valence-corrected chi connectivity index (χ4v) is 10.9. The van der Waals surface area contributed by atoms with Gasteiger partial charge in [-0.05, 0) is 135 Å². The molecule has 3 aromatic carbocycles. The maximum absolute atomic E-state index is 14.0. The lowest BCUT2D eigenvalue weighted by Gasteiger charge is -2.36. The first-order valence-electron chi connectivity index (χ1n) is 21.9. The van der Waals surface area contributed by atoms with Crippen LogP contribution in [0, 0.1) is 16.0 Å². The Bertz CT molecular complexity index is 2660. The van der Waals surface area contributed by atoms with Gasteiger partial charge in [0, 0.05) is 42.8 Å². The summed E-state index contributed by atoms with van der Waals surface area (Å²) in [7, 11) is -4.55. The number of sulfonamides is 1. The van der Waals surface area contributed by atoms with Crippen molar-refractivity contribution in [2.24, 2.45) is 5.92 Å². The number of benzene rings is 3. The van der Waals surface area contributed by atoms with E-state index in [9.17, 15) is 23.3 Å². The second kappa shape index (κ2) is 16.9. The topological polar surface area (TPSA) is 172 Å². The molecule has 0 spiro atoms. The third-order valence-electron chi connectivity index (χ3n) is 13.5. The van der Waals surface area contributed by atoms with E-state index in [-0.39, 0.29) is 22.9 Å². The summed E-state index contributed by atoms with van der Waals surface area (Å²) < 4.78 is 41.3. The lowest BCUT2D eigenvalue weighted by Crippen LogP contribution is -2.48. The van der Waals surface area contributed by atoms with Crippen LogP contribution in [0.3, 0.4) is 0 Å². The average Bonchev–Trinajstić information content (AvgIpc) is 3.57. The van der Waals surface area contributed by atoms with Crippen molar-refractivity contribution in [2.45, 2.75) is 80.3 Å². The summed E-state index contributed by atoms with van der Waals surface area (Å²) in [4.78, 5) is 37.8. The molecule has 0 bridgehead atoms. The second-order valence-electron chi connectivity index (χ2n) is 17.4. The first-order valence-corrected chi connectivity index (χ1v) is 23.4. The molecule has 3 aliphatic heterocycles. The van der Waals surface area contributed by atoms with Crippen LogP contribution in [-0.2, 0) is 14.8 Å². The van der Waals surface area contributed by atoms with Gasteiger partial charge in [0.1, 0.15) is 22.8 Å². The van der Waals surface area contributed by atoms with Gasteiger partial charge in [-0.3, -0.25) is 24.7 Å². The molecule has 4 fully saturated rings. The molecule has 2 aromatic heterocycles. The summed E-state index contributed by atoms with van der Waals surface area (Å²) in [6.45, 7) is 4.87. The van der Waals surface area contributed by atoms with E-state index in [2.05, 4.69) is 60.1 Å². The molecule has 3 N–H and O–H groups in total. The molecule has 3 atom stereocenters. The van der Waals surface area contributed by atoms with Crippen LogP contribution in [0.1, 0.15) is 90.4 Å². The largest absolute Gasteiger partial charge is 0.455 e. The van der Waals surface area contributed by atoms with Crippen molar-refractivity contribution in [1.29, 1.82) is 0 Å². The van der Waals surface area contributed by atoms with Gasteiger partial charge in [0.2, 0.25) is 0 Å². The Morgan fingerprint density at radius 2 is 1.82 bits per heavy atom. The first-order chi connectivity index (χ1) is 30.2. The number of hydrogen-bond donors (Lipinski definition) is 3. The molecule has 5 aromatic rings. The third kappa shape index (κ3) is 8.33. The van der Waals surface area contributed by atoms with Crippen molar-refractivity contribution in [3.8, 4) is 11.5 Å². The highest BCUT2D eigenvalue weighted by Crippen LogP contribution is 2.47. The normalized spacial score (nSPS) is 22.3. The molecule has 5 heterocycles. The van der Waals surface area contributed by atoms with E-state index in [4.69, 9.17) is 9.47 Å².